The van der Waals surface area contributed by atoms with E-state index in [1.807, 2.05) is 66.7 Å². The quantitative estimate of drug-likeness (QED) is 0.200. The summed E-state index contributed by atoms with van der Waals surface area (Å²) < 4.78 is 0.868. The number of hydrogen-bond acceptors (Lipinski definition) is 4. The number of amides is 3. The van der Waals surface area contributed by atoms with Crippen LogP contribution in [0.5, 0.6) is 0 Å². The molecule has 1 N–H and O–H groups in total. The maximum Gasteiger partial charge on any atom is 0.271 e. The highest BCUT2D eigenvalue weighted by atomic mass is 79.9. The molecule has 0 radical (unpaired) electrons. The van der Waals surface area contributed by atoms with Gasteiger partial charge in [0.05, 0.1) is 22.9 Å². The molecule has 190 valence electrons. The van der Waals surface area contributed by atoms with Gasteiger partial charge >= 0.3 is 0 Å². The molecular formula is C32H22BrN3O3. The molecule has 4 aliphatic rings. The van der Waals surface area contributed by atoms with Crippen molar-refractivity contribution in [2.24, 2.45) is 16.9 Å². The number of rotatable bonds is 4. The van der Waals surface area contributed by atoms with E-state index in [0.29, 0.717) is 11.3 Å². The first-order valence-electron chi connectivity index (χ1n) is 12.7. The van der Waals surface area contributed by atoms with Gasteiger partial charge in [0.2, 0.25) is 11.8 Å². The van der Waals surface area contributed by atoms with Gasteiger partial charge in [-0.25, -0.2) is 10.3 Å². The molecule has 8 rings (SSSR count). The van der Waals surface area contributed by atoms with Gasteiger partial charge in [0.15, 0.2) is 0 Å². The Kier molecular flexibility index (Phi) is 5.39. The molecule has 1 heterocycles. The Morgan fingerprint density at radius 1 is 0.795 bits per heavy atom. The van der Waals surface area contributed by atoms with Crippen LogP contribution in [0.25, 0.3) is 0 Å². The molecule has 1 fully saturated rings. The molecule has 0 unspecified atom stereocenters. The van der Waals surface area contributed by atoms with Gasteiger partial charge in [-0.05, 0) is 58.7 Å². The predicted octanol–water partition coefficient (Wildman–Crippen LogP) is 5.42. The fraction of sp³-hybridized carbons (Fsp3) is 0.125. The second-order valence-corrected chi connectivity index (χ2v) is 11.0. The third-order valence-corrected chi connectivity index (χ3v) is 8.77. The lowest BCUT2D eigenvalue weighted by Gasteiger charge is -2.52. The van der Waals surface area contributed by atoms with Crippen molar-refractivity contribution in [1.29, 1.82) is 0 Å². The summed E-state index contributed by atoms with van der Waals surface area (Å²) in [6.45, 7) is 0. The SMILES string of the molecule is O=C(N/N=C\C12c3ccccc3C(c3ccccc31)[C@@H]1C(=O)N(c3ccccc3)C(=O)[C@H]12)c1ccc(Br)cc1. The molecule has 0 aromatic heterocycles. The van der Waals surface area contributed by atoms with Crippen LogP contribution in [0.4, 0.5) is 5.69 Å². The molecule has 4 aromatic rings. The van der Waals surface area contributed by atoms with Crippen molar-refractivity contribution >= 4 is 45.6 Å². The number of anilines is 1. The molecule has 6 nitrogen and oxygen atoms in total. The molecule has 0 saturated carbocycles. The highest BCUT2D eigenvalue weighted by Gasteiger charge is 2.68. The second-order valence-electron chi connectivity index (χ2n) is 10.1. The van der Waals surface area contributed by atoms with Crippen LogP contribution < -0.4 is 10.3 Å². The van der Waals surface area contributed by atoms with Crippen LogP contribution in [0.2, 0.25) is 0 Å². The number of nitrogens with one attached hydrogen (secondary N) is 1. The summed E-state index contributed by atoms with van der Waals surface area (Å²) in [6, 6.07) is 32.0. The number of imide groups is 1. The lowest BCUT2D eigenvalue weighted by molar-refractivity contribution is -0.122. The van der Waals surface area contributed by atoms with Crippen LogP contribution >= 0.6 is 15.9 Å². The summed E-state index contributed by atoms with van der Waals surface area (Å²) in [5.74, 6) is -2.36. The maximum absolute atomic E-state index is 14.3. The van der Waals surface area contributed by atoms with Gasteiger partial charge in [0.25, 0.3) is 5.91 Å². The Labute approximate surface area is 233 Å². The van der Waals surface area contributed by atoms with Gasteiger partial charge in [0, 0.05) is 22.2 Å². The van der Waals surface area contributed by atoms with Crippen LogP contribution in [-0.4, -0.2) is 23.9 Å². The van der Waals surface area contributed by atoms with Gasteiger partial charge < -0.3 is 0 Å². The van der Waals surface area contributed by atoms with Gasteiger partial charge in [-0.2, -0.15) is 5.10 Å². The van der Waals surface area contributed by atoms with E-state index in [2.05, 4.69) is 26.5 Å². The molecule has 7 heteroatoms. The third-order valence-electron chi connectivity index (χ3n) is 8.24. The summed E-state index contributed by atoms with van der Waals surface area (Å²) in [5, 5.41) is 4.46. The third kappa shape index (κ3) is 3.32. The van der Waals surface area contributed by atoms with E-state index in [1.54, 1.807) is 42.6 Å². The largest absolute Gasteiger partial charge is 0.274 e. The van der Waals surface area contributed by atoms with E-state index in [4.69, 9.17) is 0 Å². The van der Waals surface area contributed by atoms with Crippen LogP contribution in [0.3, 0.4) is 0 Å². The van der Waals surface area contributed by atoms with Crippen molar-refractivity contribution in [3.05, 3.63) is 135 Å². The van der Waals surface area contributed by atoms with Crippen molar-refractivity contribution in [2.45, 2.75) is 11.3 Å². The summed E-state index contributed by atoms with van der Waals surface area (Å²) in [4.78, 5) is 42.6. The average Bonchev–Trinajstić information content (AvgIpc) is 3.24. The number of carbonyl (C=O) groups excluding carboxylic acids is 3. The molecule has 3 aliphatic carbocycles. The van der Waals surface area contributed by atoms with E-state index >= 15 is 0 Å². The topological polar surface area (TPSA) is 78.8 Å². The highest BCUT2D eigenvalue weighted by molar-refractivity contribution is 9.10. The Morgan fingerprint density at radius 3 is 2.03 bits per heavy atom. The lowest BCUT2D eigenvalue weighted by Crippen LogP contribution is -2.54. The van der Waals surface area contributed by atoms with E-state index < -0.39 is 17.3 Å². The predicted molar refractivity (Wildman–Crippen MR) is 152 cm³/mol. The maximum atomic E-state index is 14.3. The first-order chi connectivity index (χ1) is 19.0. The number of nitrogens with zero attached hydrogens (tertiary/aromatic N) is 2. The molecule has 4 aromatic carbocycles. The molecule has 2 atom stereocenters. The van der Waals surface area contributed by atoms with E-state index in [-0.39, 0.29) is 23.6 Å². The molecule has 39 heavy (non-hydrogen) atoms. The number of para-hydroxylation sites is 1. The minimum Gasteiger partial charge on any atom is -0.274 e. The van der Waals surface area contributed by atoms with E-state index in [1.165, 1.54) is 4.90 Å². The lowest BCUT2D eigenvalue weighted by atomic mass is 9.47. The van der Waals surface area contributed by atoms with Crippen LogP contribution in [0.1, 0.15) is 38.5 Å². The molecule has 1 saturated heterocycles. The Bertz CT molecular complexity index is 1640. The highest BCUT2D eigenvalue weighted by Crippen LogP contribution is 2.63. The number of halogens is 1. The number of hydrazone groups is 1. The second kappa shape index (κ2) is 8.85. The van der Waals surface area contributed by atoms with Crippen LogP contribution in [0, 0.1) is 11.8 Å². The van der Waals surface area contributed by atoms with Gasteiger partial charge in [0.1, 0.15) is 0 Å². The van der Waals surface area contributed by atoms with Crippen LogP contribution in [-0.2, 0) is 15.0 Å². The van der Waals surface area contributed by atoms with Crippen molar-refractivity contribution in [1.82, 2.24) is 5.43 Å². The zero-order valence-electron chi connectivity index (χ0n) is 20.6. The zero-order valence-corrected chi connectivity index (χ0v) is 22.2. The molecule has 3 amide bonds. The minimum absolute atomic E-state index is 0.207. The van der Waals surface area contributed by atoms with Crippen molar-refractivity contribution in [3.8, 4) is 0 Å². The fourth-order valence-corrected chi connectivity index (χ4v) is 7.00. The summed E-state index contributed by atoms with van der Waals surface area (Å²) in [6.07, 6.45) is 1.67. The van der Waals surface area contributed by atoms with Gasteiger partial charge in [-0.3, -0.25) is 14.4 Å². The minimum atomic E-state index is -1.03. The molecule has 0 spiro atoms. The van der Waals surface area contributed by atoms with Crippen molar-refractivity contribution in [3.63, 3.8) is 0 Å². The zero-order chi connectivity index (χ0) is 26.7. The average molecular weight is 576 g/mol. The van der Waals surface area contributed by atoms with Gasteiger partial charge in [-0.1, -0.05) is 82.7 Å². The normalized spacial score (nSPS) is 24.4. The van der Waals surface area contributed by atoms with Crippen molar-refractivity contribution < 1.29 is 14.4 Å². The first-order valence-corrected chi connectivity index (χ1v) is 13.5. The smallest absolute Gasteiger partial charge is 0.271 e. The summed E-state index contributed by atoms with van der Waals surface area (Å²) in [5.41, 5.74) is 6.55. The Balaban J connectivity index is 1.40. The fourth-order valence-electron chi connectivity index (χ4n) is 6.74. The van der Waals surface area contributed by atoms with E-state index in [0.717, 1.165) is 26.7 Å². The number of carbonyl (C=O) groups is 3. The number of hydrogen-bond donors (Lipinski definition) is 1. The van der Waals surface area contributed by atoms with Gasteiger partial charge in [-0.15, -0.1) is 0 Å². The monoisotopic (exact) mass is 575 g/mol. The molecule has 2 bridgehead atoms. The van der Waals surface area contributed by atoms with Crippen LogP contribution in [0.15, 0.2) is 113 Å². The van der Waals surface area contributed by atoms with E-state index in [9.17, 15) is 14.4 Å². The Morgan fingerprint density at radius 2 is 1.38 bits per heavy atom. The van der Waals surface area contributed by atoms with Crippen molar-refractivity contribution in [2.75, 3.05) is 4.90 Å². The molecule has 1 aliphatic heterocycles. The summed E-state index contributed by atoms with van der Waals surface area (Å²) >= 11 is 3.38. The number of benzene rings is 4. The Hall–Kier alpha value is -4.36. The summed E-state index contributed by atoms with van der Waals surface area (Å²) in [7, 11) is 0. The first kappa shape index (κ1) is 23.7. The standard InChI is InChI=1S/C32H22BrN3O3/c33-20-16-14-19(15-17-20)29(37)35-34-18-32-24-12-6-4-10-22(24)26(23-11-5-7-13-25(23)32)27-28(32)31(39)36(30(27)38)21-8-2-1-3-9-21/h1-18,26-28H,(H,35,37)/b34-18-/t26?,27-,28-,32?/m0/s1. The molecular weight excluding hydrogens is 554 g/mol.